The number of carbonyl (C=O) groups is 1. The molecule has 1 rings (SSSR count). The van der Waals surface area contributed by atoms with Crippen molar-refractivity contribution < 1.29 is 9.63 Å². The van der Waals surface area contributed by atoms with E-state index in [4.69, 9.17) is 4.84 Å². The van der Waals surface area contributed by atoms with Crippen molar-refractivity contribution in [2.75, 3.05) is 0 Å². The summed E-state index contributed by atoms with van der Waals surface area (Å²) in [5, 5.41) is 0. The summed E-state index contributed by atoms with van der Waals surface area (Å²) in [7, 11) is 0. The van der Waals surface area contributed by atoms with Gasteiger partial charge in [0.25, 0.3) is 5.91 Å². The van der Waals surface area contributed by atoms with E-state index in [1.165, 1.54) is 21.8 Å². The van der Waals surface area contributed by atoms with Gasteiger partial charge in [-0.15, -0.1) is 11.3 Å². The Balaban J connectivity index is 2.66. The Bertz CT molecular complexity index is 377. The zero-order valence-corrected chi connectivity index (χ0v) is 11.3. The minimum atomic E-state index is -0.366. The molecule has 90 valence electrons. The number of nitrogens with one attached hydrogen (secondary N) is 1. The quantitative estimate of drug-likeness (QED) is 0.826. The van der Waals surface area contributed by atoms with Crippen molar-refractivity contribution in [2.45, 2.75) is 46.6 Å². The molecule has 1 N–H and O–H groups in total. The van der Waals surface area contributed by atoms with Crippen molar-refractivity contribution in [1.82, 2.24) is 5.48 Å². The molecule has 16 heavy (non-hydrogen) atoms. The number of hydroxylamine groups is 1. The van der Waals surface area contributed by atoms with Crippen LogP contribution >= 0.6 is 11.3 Å². The van der Waals surface area contributed by atoms with Crippen LogP contribution in [-0.4, -0.2) is 11.5 Å². The van der Waals surface area contributed by atoms with Gasteiger partial charge < -0.3 is 0 Å². The van der Waals surface area contributed by atoms with Crippen LogP contribution in [0.3, 0.4) is 0 Å². The topological polar surface area (TPSA) is 38.3 Å². The standard InChI is InChI=1S/C12H19NO2S/c1-6-9-8(2)7-10(16-9)11(14)13-15-12(3,4)5/h7H,6H2,1-5H3,(H,13,14). The normalized spacial score (nSPS) is 11.6. The van der Waals surface area contributed by atoms with E-state index in [9.17, 15) is 4.79 Å². The van der Waals surface area contributed by atoms with Crippen LogP contribution in [-0.2, 0) is 11.3 Å². The molecule has 0 aromatic carbocycles. The SMILES string of the molecule is CCc1sc(C(=O)NOC(C)(C)C)cc1C. The lowest BCUT2D eigenvalue weighted by Crippen LogP contribution is -2.33. The molecule has 3 nitrogen and oxygen atoms in total. The maximum Gasteiger partial charge on any atom is 0.284 e. The lowest BCUT2D eigenvalue weighted by Gasteiger charge is -2.18. The van der Waals surface area contributed by atoms with Crippen molar-refractivity contribution >= 4 is 17.2 Å². The Labute approximate surface area is 101 Å². The summed E-state index contributed by atoms with van der Waals surface area (Å²) < 4.78 is 0. The third-order valence-corrected chi connectivity index (χ3v) is 3.40. The predicted molar refractivity (Wildman–Crippen MR) is 66.7 cm³/mol. The Morgan fingerprint density at radius 1 is 1.50 bits per heavy atom. The summed E-state index contributed by atoms with van der Waals surface area (Å²) in [5.41, 5.74) is 3.28. The Morgan fingerprint density at radius 3 is 2.56 bits per heavy atom. The van der Waals surface area contributed by atoms with E-state index in [1.807, 2.05) is 33.8 Å². The van der Waals surface area contributed by atoms with Crippen molar-refractivity contribution in [3.63, 3.8) is 0 Å². The second-order valence-electron chi connectivity index (χ2n) is 4.72. The molecule has 1 aromatic rings. The highest BCUT2D eigenvalue weighted by Gasteiger charge is 2.16. The molecule has 0 saturated carbocycles. The Hall–Kier alpha value is -0.870. The van der Waals surface area contributed by atoms with Crippen LogP contribution in [0.2, 0.25) is 0 Å². The lowest BCUT2D eigenvalue weighted by molar-refractivity contribution is -0.0588. The molecule has 0 unspecified atom stereocenters. The van der Waals surface area contributed by atoms with Gasteiger partial charge >= 0.3 is 0 Å². The molecule has 0 aliphatic heterocycles. The van der Waals surface area contributed by atoms with E-state index < -0.39 is 0 Å². The number of aryl methyl sites for hydroxylation is 2. The van der Waals surface area contributed by atoms with Crippen LogP contribution in [0, 0.1) is 6.92 Å². The monoisotopic (exact) mass is 241 g/mol. The summed E-state index contributed by atoms with van der Waals surface area (Å²) in [6.07, 6.45) is 0.962. The molecule has 0 aliphatic rings. The first kappa shape index (κ1) is 13.2. The maximum atomic E-state index is 11.7. The first-order valence-corrected chi connectivity index (χ1v) is 6.23. The van der Waals surface area contributed by atoms with E-state index in [0.717, 1.165) is 6.42 Å². The zero-order chi connectivity index (χ0) is 12.3. The molecule has 0 radical (unpaired) electrons. The average molecular weight is 241 g/mol. The zero-order valence-electron chi connectivity index (χ0n) is 10.5. The molecule has 4 heteroatoms. The van der Waals surface area contributed by atoms with Gasteiger partial charge in [0.2, 0.25) is 0 Å². The van der Waals surface area contributed by atoms with Gasteiger partial charge in [0.15, 0.2) is 0 Å². The lowest BCUT2D eigenvalue weighted by atomic mass is 10.2. The molecule has 0 spiro atoms. The number of hydrogen-bond donors (Lipinski definition) is 1. The summed E-state index contributed by atoms with van der Waals surface area (Å²) in [6, 6.07) is 1.91. The molecule has 0 atom stereocenters. The van der Waals surface area contributed by atoms with Gasteiger partial charge in [-0.25, -0.2) is 5.48 Å². The van der Waals surface area contributed by atoms with Crippen molar-refractivity contribution in [3.05, 3.63) is 21.4 Å². The first-order valence-electron chi connectivity index (χ1n) is 5.41. The third-order valence-electron chi connectivity index (χ3n) is 2.02. The average Bonchev–Trinajstić information content (AvgIpc) is 2.55. The molecule has 1 heterocycles. The second-order valence-corrected chi connectivity index (χ2v) is 5.85. The van der Waals surface area contributed by atoms with E-state index in [1.54, 1.807) is 0 Å². The Morgan fingerprint density at radius 2 is 2.12 bits per heavy atom. The highest BCUT2D eigenvalue weighted by Crippen LogP contribution is 2.22. The minimum Gasteiger partial charge on any atom is -0.268 e. The van der Waals surface area contributed by atoms with Crippen molar-refractivity contribution in [2.24, 2.45) is 0 Å². The van der Waals surface area contributed by atoms with Crippen LogP contribution in [0.1, 0.15) is 47.8 Å². The summed E-state index contributed by atoms with van der Waals surface area (Å²) >= 11 is 1.53. The van der Waals surface area contributed by atoms with Gasteiger partial charge in [0, 0.05) is 4.88 Å². The van der Waals surface area contributed by atoms with Crippen LogP contribution in [0.5, 0.6) is 0 Å². The van der Waals surface area contributed by atoms with Crippen LogP contribution in [0.15, 0.2) is 6.07 Å². The van der Waals surface area contributed by atoms with Crippen LogP contribution in [0.4, 0.5) is 0 Å². The van der Waals surface area contributed by atoms with Gasteiger partial charge in [-0.2, -0.15) is 0 Å². The molecule has 0 fully saturated rings. The molecule has 0 aliphatic carbocycles. The number of hydrogen-bond acceptors (Lipinski definition) is 3. The fourth-order valence-corrected chi connectivity index (χ4v) is 2.23. The Kier molecular flexibility index (Phi) is 4.10. The van der Waals surface area contributed by atoms with Crippen LogP contribution in [0.25, 0.3) is 0 Å². The fourth-order valence-electron chi connectivity index (χ4n) is 1.23. The number of thiophene rings is 1. The van der Waals surface area contributed by atoms with E-state index >= 15 is 0 Å². The highest BCUT2D eigenvalue weighted by molar-refractivity contribution is 7.14. The molecule has 0 saturated heterocycles. The number of rotatable bonds is 3. The fraction of sp³-hybridized carbons (Fsp3) is 0.583. The van der Waals surface area contributed by atoms with E-state index in [2.05, 4.69) is 12.4 Å². The van der Waals surface area contributed by atoms with Gasteiger partial charge in [-0.3, -0.25) is 9.63 Å². The molecule has 1 aromatic heterocycles. The molecule has 0 bridgehead atoms. The van der Waals surface area contributed by atoms with Gasteiger partial charge in [-0.05, 0) is 45.7 Å². The third kappa shape index (κ3) is 3.61. The number of carbonyl (C=O) groups excluding carboxylic acids is 1. The predicted octanol–water partition coefficient (Wildman–Crippen LogP) is 3.08. The molecular formula is C12H19NO2S. The van der Waals surface area contributed by atoms with Gasteiger partial charge in [0.05, 0.1) is 10.5 Å². The summed E-state index contributed by atoms with van der Waals surface area (Å²) in [5.74, 6) is -0.164. The maximum absolute atomic E-state index is 11.7. The van der Waals surface area contributed by atoms with Gasteiger partial charge in [-0.1, -0.05) is 6.92 Å². The highest BCUT2D eigenvalue weighted by atomic mass is 32.1. The summed E-state index contributed by atoms with van der Waals surface area (Å²) in [6.45, 7) is 9.79. The van der Waals surface area contributed by atoms with Crippen LogP contribution < -0.4 is 5.48 Å². The first-order chi connectivity index (χ1) is 7.33. The van der Waals surface area contributed by atoms with Crippen molar-refractivity contribution in [3.8, 4) is 0 Å². The summed E-state index contributed by atoms with van der Waals surface area (Å²) in [4.78, 5) is 18.9. The molecule has 1 amide bonds. The smallest absolute Gasteiger partial charge is 0.268 e. The van der Waals surface area contributed by atoms with Gasteiger partial charge in [0.1, 0.15) is 0 Å². The van der Waals surface area contributed by atoms with E-state index in [-0.39, 0.29) is 11.5 Å². The second kappa shape index (κ2) is 4.97. The number of amides is 1. The van der Waals surface area contributed by atoms with E-state index in [0.29, 0.717) is 4.88 Å². The van der Waals surface area contributed by atoms with Crippen molar-refractivity contribution in [1.29, 1.82) is 0 Å². The molecular weight excluding hydrogens is 222 g/mol. The largest absolute Gasteiger partial charge is 0.284 e. The minimum absolute atomic E-state index is 0.164.